The van der Waals surface area contributed by atoms with Crippen molar-refractivity contribution in [3.8, 4) is 0 Å². The van der Waals surface area contributed by atoms with Gasteiger partial charge in [0, 0.05) is 30.4 Å². The fourth-order valence-electron chi connectivity index (χ4n) is 3.09. The molecule has 1 N–H and O–H groups in total. The van der Waals surface area contributed by atoms with Crippen LogP contribution in [0.5, 0.6) is 0 Å². The highest BCUT2D eigenvalue weighted by Crippen LogP contribution is 2.33. The van der Waals surface area contributed by atoms with Crippen molar-refractivity contribution in [2.75, 3.05) is 32.8 Å². The lowest BCUT2D eigenvalue weighted by Crippen LogP contribution is -2.40. The summed E-state index contributed by atoms with van der Waals surface area (Å²) < 4.78 is 5.30. The highest BCUT2D eigenvalue weighted by atomic mass is 32.1. The van der Waals surface area contributed by atoms with Gasteiger partial charge in [-0.1, -0.05) is 0 Å². The second-order valence-corrected chi connectivity index (χ2v) is 6.93. The molecule has 1 aromatic heterocycles. The minimum absolute atomic E-state index is 0.0494. The molecule has 120 valence electrons. The molecule has 2 aliphatic rings. The molecule has 1 aliphatic heterocycles. The molecule has 1 saturated heterocycles. The van der Waals surface area contributed by atoms with E-state index in [4.69, 9.17) is 4.74 Å². The maximum atomic E-state index is 12.5. The summed E-state index contributed by atoms with van der Waals surface area (Å²) >= 11 is 1.60. The molecule has 1 aromatic rings. The van der Waals surface area contributed by atoms with E-state index in [1.165, 1.54) is 10.4 Å². The third kappa shape index (κ3) is 3.17. The zero-order chi connectivity index (χ0) is 15.5. The van der Waals surface area contributed by atoms with E-state index in [9.17, 15) is 9.59 Å². The maximum absolute atomic E-state index is 12.5. The molecule has 1 atom stereocenters. The minimum atomic E-state index is 0.0494. The first-order valence-electron chi connectivity index (χ1n) is 7.95. The lowest BCUT2D eigenvalue weighted by atomic mass is 9.88. The van der Waals surface area contributed by atoms with Crippen molar-refractivity contribution in [3.63, 3.8) is 0 Å². The molecule has 3 rings (SSSR count). The van der Waals surface area contributed by atoms with Crippen molar-refractivity contribution in [1.82, 2.24) is 10.2 Å². The van der Waals surface area contributed by atoms with Crippen molar-refractivity contribution >= 4 is 23.2 Å². The first kappa shape index (κ1) is 15.5. The molecule has 1 fully saturated rings. The van der Waals surface area contributed by atoms with E-state index in [-0.39, 0.29) is 17.7 Å². The molecular formula is C16H22N2O3S. The average molecular weight is 322 g/mol. The summed E-state index contributed by atoms with van der Waals surface area (Å²) in [4.78, 5) is 28.5. The summed E-state index contributed by atoms with van der Waals surface area (Å²) in [5, 5.41) is 2.90. The molecule has 2 amide bonds. The highest BCUT2D eigenvalue weighted by molar-refractivity contribution is 7.14. The van der Waals surface area contributed by atoms with Gasteiger partial charge in [0.15, 0.2) is 0 Å². The number of aryl methyl sites for hydroxylation is 1. The van der Waals surface area contributed by atoms with E-state index in [1.54, 1.807) is 11.3 Å². The lowest BCUT2D eigenvalue weighted by Gasteiger charge is -2.26. The summed E-state index contributed by atoms with van der Waals surface area (Å²) in [7, 11) is 0. The van der Waals surface area contributed by atoms with Crippen LogP contribution in [0.25, 0.3) is 0 Å². The quantitative estimate of drug-likeness (QED) is 0.916. The zero-order valence-corrected chi connectivity index (χ0v) is 13.7. The number of nitrogens with one attached hydrogen (secondary N) is 1. The summed E-state index contributed by atoms with van der Waals surface area (Å²) in [6.45, 7) is 5.19. The number of carbonyl (C=O) groups excluding carboxylic acids is 2. The van der Waals surface area contributed by atoms with E-state index >= 15 is 0 Å². The van der Waals surface area contributed by atoms with E-state index in [1.807, 2.05) is 17.9 Å². The van der Waals surface area contributed by atoms with Gasteiger partial charge >= 0.3 is 0 Å². The number of morpholine rings is 1. The van der Waals surface area contributed by atoms with Crippen LogP contribution in [0.1, 0.15) is 33.5 Å². The Kier molecular flexibility index (Phi) is 4.78. The number of hydrogen-bond acceptors (Lipinski definition) is 4. The van der Waals surface area contributed by atoms with Gasteiger partial charge in [-0.15, -0.1) is 11.3 Å². The Bertz CT molecular complexity index is 564. The molecule has 0 bridgehead atoms. The molecule has 1 aliphatic carbocycles. The molecule has 2 heterocycles. The molecule has 0 aromatic carbocycles. The fraction of sp³-hybridized carbons (Fsp3) is 0.625. The maximum Gasteiger partial charge on any atom is 0.264 e. The van der Waals surface area contributed by atoms with Gasteiger partial charge in [-0.3, -0.25) is 9.59 Å². The van der Waals surface area contributed by atoms with E-state index in [0.29, 0.717) is 32.8 Å². The van der Waals surface area contributed by atoms with Gasteiger partial charge in [-0.2, -0.15) is 0 Å². The molecule has 5 nitrogen and oxygen atoms in total. The number of ether oxygens (including phenoxy) is 1. The topological polar surface area (TPSA) is 58.6 Å². The lowest BCUT2D eigenvalue weighted by molar-refractivity contribution is -0.125. The molecule has 0 radical (unpaired) electrons. The zero-order valence-electron chi connectivity index (χ0n) is 12.9. The average Bonchev–Trinajstić information content (AvgIpc) is 2.98. The van der Waals surface area contributed by atoms with Crippen LogP contribution in [0.4, 0.5) is 0 Å². The van der Waals surface area contributed by atoms with Gasteiger partial charge in [0.1, 0.15) is 0 Å². The summed E-state index contributed by atoms with van der Waals surface area (Å²) in [6.07, 6.45) is 2.54. The molecule has 0 saturated carbocycles. The third-order valence-electron chi connectivity index (χ3n) is 4.31. The smallest absolute Gasteiger partial charge is 0.264 e. The van der Waals surface area contributed by atoms with E-state index < -0.39 is 0 Å². The van der Waals surface area contributed by atoms with Gasteiger partial charge in [0.2, 0.25) is 5.91 Å². The second-order valence-electron chi connectivity index (χ2n) is 5.80. The van der Waals surface area contributed by atoms with Crippen molar-refractivity contribution in [1.29, 1.82) is 0 Å². The minimum Gasteiger partial charge on any atom is -0.378 e. The Hall–Kier alpha value is -1.40. The Balaban J connectivity index is 1.70. The Morgan fingerprint density at radius 2 is 2.18 bits per heavy atom. The number of rotatable bonds is 3. The van der Waals surface area contributed by atoms with Crippen LogP contribution in [0.2, 0.25) is 0 Å². The van der Waals surface area contributed by atoms with Gasteiger partial charge in [0.25, 0.3) is 5.91 Å². The number of nitrogens with zero attached hydrogens (tertiary/aromatic N) is 1. The summed E-state index contributed by atoms with van der Waals surface area (Å²) in [5.41, 5.74) is 1.18. The summed E-state index contributed by atoms with van der Waals surface area (Å²) in [6, 6.07) is 2.00. The number of carbonyl (C=O) groups is 2. The van der Waals surface area contributed by atoms with Gasteiger partial charge in [-0.25, -0.2) is 0 Å². The van der Waals surface area contributed by atoms with Crippen molar-refractivity contribution in [3.05, 3.63) is 21.4 Å². The monoisotopic (exact) mass is 322 g/mol. The van der Waals surface area contributed by atoms with Crippen molar-refractivity contribution in [2.45, 2.75) is 26.2 Å². The van der Waals surface area contributed by atoms with Crippen molar-refractivity contribution in [2.24, 2.45) is 5.92 Å². The Morgan fingerprint density at radius 1 is 1.41 bits per heavy atom. The van der Waals surface area contributed by atoms with Crippen LogP contribution in [-0.4, -0.2) is 49.6 Å². The molecule has 22 heavy (non-hydrogen) atoms. The van der Waals surface area contributed by atoms with Crippen LogP contribution >= 0.6 is 11.3 Å². The summed E-state index contributed by atoms with van der Waals surface area (Å²) in [5.74, 6) is 0.297. The number of thiophene rings is 1. The first-order valence-corrected chi connectivity index (χ1v) is 8.77. The van der Waals surface area contributed by atoms with Crippen LogP contribution in [0.15, 0.2) is 6.07 Å². The molecule has 0 unspecified atom stereocenters. The predicted molar refractivity (Wildman–Crippen MR) is 85.2 cm³/mol. The Morgan fingerprint density at radius 3 is 2.91 bits per heavy atom. The second kappa shape index (κ2) is 6.79. The largest absolute Gasteiger partial charge is 0.378 e. The molecular weight excluding hydrogens is 300 g/mol. The number of fused-ring (bicyclic) bond motifs is 1. The number of amides is 2. The van der Waals surface area contributed by atoms with Gasteiger partial charge in [0.05, 0.1) is 18.1 Å². The van der Waals surface area contributed by atoms with Gasteiger partial charge < -0.3 is 15.0 Å². The molecule has 6 heteroatoms. The van der Waals surface area contributed by atoms with Crippen LogP contribution in [-0.2, 0) is 22.4 Å². The molecule has 0 spiro atoms. The third-order valence-corrected chi connectivity index (χ3v) is 5.54. The van der Waals surface area contributed by atoms with Gasteiger partial charge in [-0.05, 0) is 37.8 Å². The van der Waals surface area contributed by atoms with Crippen LogP contribution < -0.4 is 5.32 Å². The van der Waals surface area contributed by atoms with Crippen LogP contribution in [0.3, 0.4) is 0 Å². The first-order chi connectivity index (χ1) is 10.7. The predicted octanol–water partition coefficient (Wildman–Crippen LogP) is 1.46. The number of hydrogen-bond donors (Lipinski definition) is 1. The highest BCUT2D eigenvalue weighted by Gasteiger charge is 2.28. The van der Waals surface area contributed by atoms with Crippen LogP contribution in [0, 0.1) is 5.92 Å². The normalized spacial score (nSPS) is 21.3. The fourth-order valence-corrected chi connectivity index (χ4v) is 4.27. The van der Waals surface area contributed by atoms with E-state index in [0.717, 1.165) is 24.1 Å². The standard InChI is InChI=1S/C16H22N2O3S/c1-2-17-15(19)11-3-4-13-12(9-11)10-14(22-13)16(20)18-5-7-21-8-6-18/h10-11H,2-9H2,1H3,(H,17,19)/t11-/m1/s1. The van der Waals surface area contributed by atoms with E-state index in [2.05, 4.69) is 5.32 Å². The Labute approximate surface area is 134 Å². The SMILES string of the molecule is CCNC(=O)[C@@H]1CCc2sc(C(=O)N3CCOCC3)cc2C1. The van der Waals surface area contributed by atoms with Crippen molar-refractivity contribution < 1.29 is 14.3 Å².